The predicted octanol–water partition coefficient (Wildman–Crippen LogP) is 13.6. The zero-order valence-corrected chi connectivity index (χ0v) is 35.6. The molecule has 4 aliphatic rings. The number of carbonyl (C=O) groups excluding carboxylic acids is 2. The lowest BCUT2D eigenvalue weighted by Crippen LogP contribution is -2.35. The molecule has 0 atom stereocenters. The molecule has 294 valence electrons. The van der Waals surface area contributed by atoms with Gasteiger partial charge in [-0.2, -0.15) is 0 Å². The van der Waals surface area contributed by atoms with Crippen molar-refractivity contribution in [3.8, 4) is 0 Å². The minimum absolute atomic E-state index is 0.0840. The molecule has 7 aromatic carbocycles. The average Bonchev–Trinajstić information content (AvgIpc) is 3.25. The Morgan fingerprint density at radius 3 is 1.02 bits per heavy atom. The minimum atomic E-state index is -0.370. The highest BCUT2D eigenvalue weighted by Crippen LogP contribution is 2.59. The molecule has 0 radical (unpaired) electrons. The lowest BCUT2D eigenvalue weighted by molar-refractivity contribution is 0.102. The van der Waals surface area contributed by atoms with Gasteiger partial charge in [-0.1, -0.05) is 140 Å². The van der Waals surface area contributed by atoms with Gasteiger partial charge in [-0.05, 0) is 105 Å². The van der Waals surface area contributed by atoms with Gasteiger partial charge in [0.15, 0.2) is 11.6 Å². The maximum absolute atomic E-state index is 14.0. The summed E-state index contributed by atoms with van der Waals surface area (Å²) in [5.41, 5.74) is 17.5. The van der Waals surface area contributed by atoms with E-state index in [1.165, 1.54) is 22.3 Å². The van der Waals surface area contributed by atoms with Crippen LogP contribution in [0.1, 0.15) is 132 Å². The van der Waals surface area contributed by atoms with E-state index in [-0.39, 0.29) is 33.2 Å². The topological polar surface area (TPSA) is 40.6 Å². The Bertz CT molecular complexity index is 2850. The van der Waals surface area contributed by atoms with Gasteiger partial charge in [0.1, 0.15) is 0 Å². The van der Waals surface area contributed by atoms with Crippen LogP contribution in [0.4, 0.5) is 34.1 Å². The summed E-state index contributed by atoms with van der Waals surface area (Å²) in [6.45, 7) is 18.3. The molecule has 0 aromatic heterocycles. The van der Waals surface area contributed by atoms with Crippen LogP contribution in [0, 0.1) is 0 Å². The highest BCUT2D eigenvalue weighted by atomic mass is 16.1. The molecular formula is C56H48N2O2. The number of para-hydroxylation sites is 2. The van der Waals surface area contributed by atoms with Crippen molar-refractivity contribution < 1.29 is 9.59 Å². The highest BCUT2D eigenvalue weighted by molar-refractivity contribution is 6.14. The molecule has 0 bridgehead atoms. The Balaban J connectivity index is 1.15. The van der Waals surface area contributed by atoms with E-state index in [4.69, 9.17) is 0 Å². The summed E-state index contributed by atoms with van der Waals surface area (Å²) in [6.07, 6.45) is 0. The van der Waals surface area contributed by atoms with Gasteiger partial charge in [-0.15, -0.1) is 0 Å². The fourth-order valence-corrected chi connectivity index (χ4v) is 11.3. The molecule has 2 heterocycles. The van der Waals surface area contributed by atoms with Crippen molar-refractivity contribution in [3.63, 3.8) is 0 Å². The van der Waals surface area contributed by atoms with E-state index in [0.29, 0.717) is 0 Å². The van der Waals surface area contributed by atoms with Crippen molar-refractivity contribution in [1.29, 1.82) is 0 Å². The van der Waals surface area contributed by atoms with Crippen LogP contribution in [0.2, 0.25) is 0 Å². The average molecular weight is 781 g/mol. The second kappa shape index (κ2) is 12.0. The highest BCUT2D eigenvalue weighted by Gasteiger charge is 2.45. The Kier molecular flexibility index (Phi) is 7.33. The molecule has 2 aliphatic heterocycles. The van der Waals surface area contributed by atoms with Gasteiger partial charge in [0.25, 0.3) is 0 Å². The third kappa shape index (κ3) is 4.68. The minimum Gasteiger partial charge on any atom is -0.310 e. The molecule has 0 saturated carbocycles. The fraction of sp³-hybridized carbons (Fsp3) is 0.214. The molecule has 0 fully saturated rings. The quantitative estimate of drug-likeness (QED) is 0.175. The van der Waals surface area contributed by atoms with Crippen molar-refractivity contribution in [3.05, 3.63) is 212 Å². The molecule has 0 unspecified atom stereocenters. The van der Waals surface area contributed by atoms with Gasteiger partial charge < -0.3 is 9.80 Å². The van der Waals surface area contributed by atoms with Gasteiger partial charge in [0, 0.05) is 55.3 Å². The summed E-state index contributed by atoms with van der Waals surface area (Å²) >= 11 is 0. The first-order valence-corrected chi connectivity index (χ1v) is 21.2. The lowest BCUT2D eigenvalue weighted by atomic mass is 9.67. The van der Waals surface area contributed by atoms with Crippen molar-refractivity contribution in [1.82, 2.24) is 0 Å². The number of carbonyl (C=O) groups is 2. The number of nitrogens with zero attached hydrogens (tertiary/aromatic N) is 2. The smallest absolute Gasteiger partial charge is 0.193 e. The van der Waals surface area contributed by atoms with Crippen molar-refractivity contribution in [2.75, 3.05) is 9.80 Å². The molecule has 0 N–H and O–H groups in total. The number of anilines is 6. The van der Waals surface area contributed by atoms with Crippen molar-refractivity contribution >= 4 is 45.7 Å². The van der Waals surface area contributed by atoms with E-state index >= 15 is 0 Å². The summed E-state index contributed by atoms with van der Waals surface area (Å²) in [5, 5.41) is 0. The van der Waals surface area contributed by atoms with Crippen LogP contribution in [-0.2, 0) is 21.7 Å². The van der Waals surface area contributed by atoms with Gasteiger partial charge in [0.2, 0.25) is 0 Å². The summed E-state index contributed by atoms with van der Waals surface area (Å²) in [4.78, 5) is 32.9. The number of hydrogen-bond donors (Lipinski definition) is 0. The molecular weight excluding hydrogens is 733 g/mol. The Hall–Kier alpha value is -6.52. The van der Waals surface area contributed by atoms with Crippen LogP contribution in [0.15, 0.2) is 146 Å². The Morgan fingerprint density at radius 2 is 0.617 bits per heavy atom. The number of fused-ring (bicyclic) bond motifs is 8. The second-order valence-electron chi connectivity index (χ2n) is 19.3. The molecule has 2 aliphatic carbocycles. The first-order chi connectivity index (χ1) is 28.6. The normalized spacial score (nSPS) is 17.9. The zero-order valence-electron chi connectivity index (χ0n) is 35.6. The van der Waals surface area contributed by atoms with E-state index < -0.39 is 0 Å². The Labute approximate surface area is 353 Å². The van der Waals surface area contributed by atoms with Crippen LogP contribution in [0.3, 0.4) is 0 Å². The van der Waals surface area contributed by atoms with Crippen LogP contribution < -0.4 is 9.80 Å². The maximum atomic E-state index is 14.0. The van der Waals surface area contributed by atoms with E-state index in [9.17, 15) is 9.59 Å². The predicted molar refractivity (Wildman–Crippen MR) is 244 cm³/mol. The largest absolute Gasteiger partial charge is 0.310 e. The van der Waals surface area contributed by atoms with Gasteiger partial charge >= 0.3 is 0 Å². The first kappa shape index (κ1) is 36.6. The molecule has 4 nitrogen and oxygen atoms in total. The zero-order chi connectivity index (χ0) is 41.7. The standard InChI is InChI=1S/C56H48N2O2/c1-53(2)39-19-11-9-17-35(39)51(59)37-27-25-33(29-43(37)53)57-47-23-15-13-21-41(47)55(5,6)45-32-50-46(31-49(45)57)56(7,8)42-22-14-16-24-48(42)58(50)34-26-28-38-44(30-34)54(3,4)40-20-12-10-18-36(40)52(38)60/h9-32H,1-8H3. The van der Waals surface area contributed by atoms with Crippen molar-refractivity contribution in [2.45, 2.75) is 77.0 Å². The van der Waals surface area contributed by atoms with E-state index in [1.807, 2.05) is 48.5 Å². The SMILES string of the molecule is CC1(C)c2ccccc2C(=O)c2ccc(N3c4ccccc4C(C)(C)c4cc5c(cc43)C(C)(C)c3ccccc3N5c3ccc4c(c3)C(C)(C)c3ccccc3C4=O)cc21. The molecule has 0 amide bonds. The third-order valence-corrected chi connectivity index (χ3v) is 14.6. The lowest BCUT2D eigenvalue weighted by Gasteiger charge is -2.47. The molecule has 4 heteroatoms. The number of ketones is 2. The Morgan fingerprint density at radius 1 is 0.300 bits per heavy atom. The maximum Gasteiger partial charge on any atom is 0.193 e. The molecule has 11 rings (SSSR count). The fourth-order valence-electron chi connectivity index (χ4n) is 11.3. The second-order valence-corrected chi connectivity index (χ2v) is 19.3. The molecule has 0 saturated heterocycles. The van der Waals surface area contributed by atoms with E-state index in [1.54, 1.807) is 0 Å². The van der Waals surface area contributed by atoms with Gasteiger partial charge in [0.05, 0.1) is 22.7 Å². The van der Waals surface area contributed by atoms with Crippen molar-refractivity contribution in [2.24, 2.45) is 0 Å². The monoisotopic (exact) mass is 780 g/mol. The van der Waals surface area contributed by atoms with Crippen LogP contribution in [0.5, 0.6) is 0 Å². The summed E-state index contributed by atoms with van der Waals surface area (Å²) in [7, 11) is 0. The number of benzene rings is 7. The number of hydrogen-bond acceptors (Lipinski definition) is 4. The summed E-state index contributed by atoms with van der Waals surface area (Å²) < 4.78 is 0. The van der Waals surface area contributed by atoms with Gasteiger partial charge in [-0.3, -0.25) is 9.59 Å². The first-order valence-electron chi connectivity index (χ1n) is 21.2. The van der Waals surface area contributed by atoms with E-state index in [2.05, 4.69) is 162 Å². The molecule has 7 aromatic rings. The van der Waals surface area contributed by atoms with Crippen LogP contribution >= 0.6 is 0 Å². The van der Waals surface area contributed by atoms with E-state index in [0.717, 1.165) is 78.6 Å². The van der Waals surface area contributed by atoms with Crippen LogP contribution in [0.25, 0.3) is 0 Å². The van der Waals surface area contributed by atoms with Gasteiger partial charge in [-0.25, -0.2) is 0 Å². The molecule has 0 spiro atoms. The summed E-state index contributed by atoms with van der Waals surface area (Å²) in [5.74, 6) is 0.168. The molecule has 60 heavy (non-hydrogen) atoms. The van der Waals surface area contributed by atoms with Crippen LogP contribution in [-0.4, -0.2) is 11.6 Å². The third-order valence-electron chi connectivity index (χ3n) is 14.6. The number of rotatable bonds is 2. The summed E-state index contributed by atoms with van der Waals surface area (Å²) in [6, 6.07) is 51.5.